The minimum absolute atomic E-state index is 0.137. The Hall–Kier alpha value is -1.26. The molecule has 0 unspecified atom stereocenters. The van der Waals surface area contributed by atoms with Crippen molar-refractivity contribution in [3.8, 4) is 5.75 Å². The molecule has 5 heteroatoms. The molecule has 2 N–H and O–H groups in total. The Morgan fingerprint density at radius 2 is 2.15 bits per heavy atom. The molecule has 0 aliphatic heterocycles. The molecule has 0 radical (unpaired) electrons. The van der Waals surface area contributed by atoms with Crippen molar-refractivity contribution < 1.29 is 14.6 Å². The van der Waals surface area contributed by atoms with E-state index in [-0.39, 0.29) is 12.3 Å². The van der Waals surface area contributed by atoms with Gasteiger partial charge in [-0.1, -0.05) is 24.4 Å². The Balaban J connectivity index is 1.95. The molecule has 1 amide bonds. The number of rotatable bonds is 5. The van der Waals surface area contributed by atoms with E-state index < -0.39 is 5.60 Å². The third kappa shape index (κ3) is 3.87. The minimum atomic E-state index is -0.834. The second-order valence-corrected chi connectivity index (χ2v) is 5.64. The number of hydrogen-bond donors (Lipinski definition) is 2. The number of ether oxygens (including phenoxy) is 1. The number of halogens is 1. The molecule has 1 aliphatic carbocycles. The van der Waals surface area contributed by atoms with Gasteiger partial charge in [0, 0.05) is 5.69 Å². The van der Waals surface area contributed by atoms with Gasteiger partial charge in [-0.05, 0) is 38.0 Å². The van der Waals surface area contributed by atoms with Gasteiger partial charge in [0.05, 0.1) is 23.7 Å². The Morgan fingerprint density at radius 3 is 2.75 bits per heavy atom. The molecule has 4 nitrogen and oxygen atoms in total. The first-order chi connectivity index (χ1) is 9.52. The SMILES string of the molecule is CCOc1ccc(NC(=O)CC2(O)CCCC2)cc1Cl. The zero-order valence-electron chi connectivity index (χ0n) is 11.6. The zero-order chi connectivity index (χ0) is 14.6. The highest BCUT2D eigenvalue weighted by molar-refractivity contribution is 6.32. The third-order valence-corrected chi connectivity index (χ3v) is 3.83. The summed E-state index contributed by atoms with van der Waals surface area (Å²) in [6.45, 7) is 2.42. The molecule has 20 heavy (non-hydrogen) atoms. The largest absolute Gasteiger partial charge is 0.492 e. The van der Waals surface area contributed by atoms with Crippen molar-refractivity contribution in [3.05, 3.63) is 23.2 Å². The molecule has 110 valence electrons. The summed E-state index contributed by atoms with van der Waals surface area (Å²) >= 11 is 6.06. The van der Waals surface area contributed by atoms with Gasteiger partial charge in [-0.25, -0.2) is 0 Å². The highest BCUT2D eigenvalue weighted by Crippen LogP contribution is 2.33. The number of carbonyl (C=O) groups excluding carboxylic acids is 1. The smallest absolute Gasteiger partial charge is 0.227 e. The fourth-order valence-electron chi connectivity index (χ4n) is 2.57. The van der Waals surface area contributed by atoms with Crippen LogP contribution in [0.4, 0.5) is 5.69 Å². The highest BCUT2D eigenvalue weighted by Gasteiger charge is 2.33. The van der Waals surface area contributed by atoms with Crippen LogP contribution in [0.5, 0.6) is 5.75 Å². The van der Waals surface area contributed by atoms with E-state index in [4.69, 9.17) is 16.3 Å². The maximum Gasteiger partial charge on any atom is 0.227 e. The van der Waals surface area contributed by atoms with E-state index in [0.717, 1.165) is 12.8 Å². The number of benzene rings is 1. The van der Waals surface area contributed by atoms with Gasteiger partial charge < -0.3 is 15.2 Å². The minimum Gasteiger partial charge on any atom is -0.492 e. The van der Waals surface area contributed by atoms with Crippen molar-refractivity contribution in [2.75, 3.05) is 11.9 Å². The Morgan fingerprint density at radius 1 is 1.45 bits per heavy atom. The van der Waals surface area contributed by atoms with Crippen molar-refractivity contribution in [1.82, 2.24) is 0 Å². The summed E-state index contributed by atoms with van der Waals surface area (Å²) in [6, 6.07) is 5.13. The van der Waals surface area contributed by atoms with Crippen molar-refractivity contribution in [2.24, 2.45) is 0 Å². The molecular formula is C15H20ClNO3. The van der Waals surface area contributed by atoms with E-state index in [1.807, 2.05) is 6.92 Å². The monoisotopic (exact) mass is 297 g/mol. The second-order valence-electron chi connectivity index (χ2n) is 5.23. The number of carbonyl (C=O) groups is 1. The van der Waals surface area contributed by atoms with E-state index in [2.05, 4.69) is 5.32 Å². The summed E-state index contributed by atoms with van der Waals surface area (Å²) in [5, 5.41) is 13.4. The summed E-state index contributed by atoms with van der Waals surface area (Å²) in [6.07, 6.45) is 3.50. The van der Waals surface area contributed by atoms with Crippen LogP contribution in [0.3, 0.4) is 0 Å². The summed E-state index contributed by atoms with van der Waals surface area (Å²) < 4.78 is 5.34. The van der Waals surface area contributed by atoms with Crippen molar-refractivity contribution in [3.63, 3.8) is 0 Å². The number of amides is 1. The summed E-state index contributed by atoms with van der Waals surface area (Å²) in [4.78, 5) is 12.0. The van der Waals surface area contributed by atoms with Crippen LogP contribution in [0, 0.1) is 0 Å². The van der Waals surface area contributed by atoms with E-state index in [0.29, 0.717) is 35.9 Å². The summed E-state index contributed by atoms with van der Waals surface area (Å²) in [5.74, 6) is 0.413. The number of aliphatic hydroxyl groups is 1. The van der Waals surface area contributed by atoms with E-state index in [9.17, 15) is 9.90 Å². The van der Waals surface area contributed by atoms with Gasteiger partial charge in [-0.15, -0.1) is 0 Å². The number of anilines is 1. The molecule has 0 atom stereocenters. The number of hydrogen-bond acceptors (Lipinski definition) is 3. The molecule has 2 rings (SSSR count). The third-order valence-electron chi connectivity index (χ3n) is 3.54. The second kappa shape index (κ2) is 6.46. The molecule has 0 saturated heterocycles. The molecular weight excluding hydrogens is 278 g/mol. The Labute approximate surface area is 124 Å². The molecule has 1 aliphatic rings. The zero-order valence-corrected chi connectivity index (χ0v) is 12.4. The Kier molecular flexibility index (Phi) is 4.89. The van der Waals surface area contributed by atoms with Crippen LogP contribution in [0.2, 0.25) is 5.02 Å². The lowest BCUT2D eigenvalue weighted by atomic mass is 9.97. The molecule has 0 aromatic heterocycles. The topological polar surface area (TPSA) is 58.6 Å². The van der Waals surface area contributed by atoms with Crippen LogP contribution in [-0.4, -0.2) is 23.2 Å². The van der Waals surface area contributed by atoms with Gasteiger partial charge in [0.1, 0.15) is 5.75 Å². The lowest BCUT2D eigenvalue weighted by Gasteiger charge is -2.21. The average Bonchev–Trinajstić information content (AvgIpc) is 2.79. The van der Waals surface area contributed by atoms with Gasteiger partial charge in [-0.2, -0.15) is 0 Å². The summed E-state index contributed by atoms with van der Waals surface area (Å²) in [7, 11) is 0. The molecule has 1 saturated carbocycles. The summed E-state index contributed by atoms with van der Waals surface area (Å²) in [5.41, 5.74) is -0.218. The van der Waals surface area contributed by atoms with E-state index >= 15 is 0 Å². The van der Waals surface area contributed by atoms with Crippen LogP contribution >= 0.6 is 11.6 Å². The van der Waals surface area contributed by atoms with Gasteiger partial charge in [0.15, 0.2) is 0 Å². The number of nitrogens with one attached hydrogen (secondary N) is 1. The molecule has 1 aromatic carbocycles. The van der Waals surface area contributed by atoms with Crippen LogP contribution in [-0.2, 0) is 4.79 Å². The van der Waals surface area contributed by atoms with Gasteiger partial charge >= 0.3 is 0 Å². The quantitative estimate of drug-likeness (QED) is 0.876. The molecule has 0 spiro atoms. The average molecular weight is 298 g/mol. The predicted octanol–water partition coefficient (Wildman–Crippen LogP) is 3.37. The van der Waals surface area contributed by atoms with E-state index in [1.54, 1.807) is 18.2 Å². The first-order valence-corrected chi connectivity index (χ1v) is 7.35. The first-order valence-electron chi connectivity index (χ1n) is 6.97. The van der Waals surface area contributed by atoms with Crippen LogP contribution in [0.25, 0.3) is 0 Å². The van der Waals surface area contributed by atoms with E-state index in [1.165, 1.54) is 0 Å². The van der Waals surface area contributed by atoms with Gasteiger partial charge in [-0.3, -0.25) is 4.79 Å². The van der Waals surface area contributed by atoms with Gasteiger partial charge in [0.2, 0.25) is 5.91 Å². The molecule has 1 aromatic rings. The lowest BCUT2D eigenvalue weighted by molar-refractivity contribution is -0.120. The molecule has 0 heterocycles. The normalized spacial score (nSPS) is 16.9. The highest BCUT2D eigenvalue weighted by atomic mass is 35.5. The van der Waals surface area contributed by atoms with Crippen molar-refractivity contribution in [2.45, 2.75) is 44.6 Å². The van der Waals surface area contributed by atoms with Crippen LogP contribution < -0.4 is 10.1 Å². The fraction of sp³-hybridized carbons (Fsp3) is 0.533. The fourth-order valence-corrected chi connectivity index (χ4v) is 2.80. The standard InChI is InChI=1S/C15H20ClNO3/c1-2-20-13-6-5-11(9-12(13)16)17-14(18)10-15(19)7-3-4-8-15/h5-6,9,19H,2-4,7-8,10H2,1H3,(H,17,18). The Bertz CT molecular complexity index is 484. The lowest BCUT2D eigenvalue weighted by Crippen LogP contribution is -2.30. The molecule has 1 fully saturated rings. The maximum atomic E-state index is 12.0. The van der Waals surface area contributed by atoms with Crippen LogP contribution in [0.15, 0.2) is 18.2 Å². The van der Waals surface area contributed by atoms with Crippen molar-refractivity contribution in [1.29, 1.82) is 0 Å². The van der Waals surface area contributed by atoms with Gasteiger partial charge in [0.25, 0.3) is 0 Å². The van der Waals surface area contributed by atoms with Crippen LogP contribution in [0.1, 0.15) is 39.0 Å². The molecule has 0 bridgehead atoms. The first kappa shape index (κ1) is 15.1. The predicted molar refractivity (Wildman–Crippen MR) is 79.3 cm³/mol. The van der Waals surface area contributed by atoms with Crippen molar-refractivity contribution >= 4 is 23.2 Å². The maximum absolute atomic E-state index is 12.0.